The number of aliphatic imine (C=N–C) groups is 1. The van der Waals surface area contributed by atoms with Gasteiger partial charge in [-0.25, -0.2) is 9.37 Å². The number of imide groups is 1. The monoisotopic (exact) mass is 393 g/mol. The van der Waals surface area contributed by atoms with E-state index in [1.54, 1.807) is 14.1 Å². The topological polar surface area (TPSA) is 82.7 Å². The van der Waals surface area contributed by atoms with Gasteiger partial charge in [0, 0.05) is 46.8 Å². The maximum absolute atomic E-state index is 12.9. The number of fused-ring (bicyclic) bond motifs is 1. The number of aliphatic hydroxyl groups is 1. The molecule has 0 spiro atoms. The van der Waals surface area contributed by atoms with Crippen LogP contribution in [0.25, 0.3) is 0 Å². The second-order valence-corrected chi connectivity index (χ2v) is 7.77. The Bertz CT molecular complexity index is 669. The number of urea groups is 1. The Labute approximate surface area is 166 Å². The smallest absolute Gasteiger partial charge is 0.333 e. The van der Waals surface area contributed by atoms with Gasteiger partial charge in [0.2, 0.25) is 0 Å². The minimum Gasteiger partial charge on any atom is -0.395 e. The van der Waals surface area contributed by atoms with Gasteiger partial charge in [-0.3, -0.25) is 24.4 Å². The predicted molar refractivity (Wildman–Crippen MR) is 107 cm³/mol. The van der Waals surface area contributed by atoms with Crippen molar-refractivity contribution in [2.75, 3.05) is 66.5 Å². The van der Waals surface area contributed by atoms with Crippen LogP contribution in [0.15, 0.2) is 4.99 Å². The molecule has 0 aliphatic carbocycles. The molecule has 9 nitrogen and oxygen atoms in total. The molecule has 28 heavy (non-hydrogen) atoms. The molecule has 0 aromatic heterocycles. The molecule has 1 atom stereocenters. The summed E-state index contributed by atoms with van der Waals surface area (Å²) < 4.78 is 2.10. The first-order valence-electron chi connectivity index (χ1n) is 10.3. The highest BCUT2D eigenvalue weighted by molar-refractivity contribution is 6.23. The van der Waals surface area contributed by atoms with Crippen molar-refractivity contribution in [2.24, 2.45) is 4.99 Å². The van der Waals surface area contributed by atoms with Gasteiger partial charge in [-0.1, -0.05) is 13.3 Å². The van der Waals surface area contributed by atoms with Crippen LogP contribution in [-0.2, 0) is 4.79 Å². The summed E-state index contributed by atoms with van der Waals surface area (Å²) in [5, 5.41) is 9.11. The number of carbonyl (C=O) groups excluding carboxylic acids is 2. The van der Waals surface area contributed by atoms with Crippen molar-refractivity contribution in [3.05, 3.63) is 0 Å². The Morgan fingerprint density at radius 2 is 1.75 bits per heavy atom. The number of amides is 3. The number of carbonyl (C=O) groups is 2. The lowest BCUT2D eigenvalue weighted by atomic mass is 10.1. The van der Waals surface area contributed by atoms with Gasteiger partial charge in [-0.05, 0) is 17.8 Å². The van der Waals surface area contributed by atoms with Crippen molar-refractivity contribution in [3.63, 3.8) is 0 Å². The van der Waals surface area contributed by atoms with Gasteiger partial charge in [-0.2, -0.15) is 0 Å². The van der Waals surface area contributed by atoms with Crippen LogP contribution in [0.3, 0.4) is 0 Å². The number of hydrogen-bond acceptors (Lipinski definition) is 6. The molecule has 3 aliphatic heterocycles. The third-order valence-corrected chi connectivity index (χ3v) is 5.86. The lowest BCUT2D eigenvalue weighted by Gasteiger charge is -2.33. The summed E-state index contributed by atoms with van der Waals surface area (Å²) in [5.41, 5.74) is 0. The SMILES string of the molecule is CCCCC[N+]1=C(CN2CCN(CCO)CC2)N=C2C1C(=O)N(C)C(=O)N2C. The summed E-state index contributed by atoms with van der Waals surface area (Å²) >= 11 is 0. The molecule has 0 aromatic rings. The third-order valence-electron chi connectivity index (χ3n) is 5.86. The standard InChI is InChI=1S/C19H33N6O3/c1-4-5-6-7-25-15(14-24-10-8-23(9-11-24)12-13-26)20-17-16(25)18(27)22(3)19(28)21(17)2/h16,26H,4-14H2,1-3H3/q+1. The second kappa shape index (κ2) is 9.11. The molecule has 3 rings (SSSR count). The zero-order chi connectivity index (χ0) is 20.3. The Morgan fingerprint density at radius 1 is 1.07 bits per heavy atom. The largest absolute Gasteiger partial charge is 0.395 e. The second-order valence-electron chi connectivity index (χ2n) is 7.77. The number of rotatable bonds is 8. The Balaban J connectivity index is 1.78. The van der Waals surface area contributed by atoms with Crippen molar-refractivity contribution in [1.29, 1.82) is 0 Å². The van der Waals surface area contributed by atoms with Gasteiger partial charge in [0.1, 0.15) is 6.54 Å². The van der Waals surface area contributed by atoms with Crippen molar-refractivity contribution in [1.82, 2.24) is 19.6 Å². The van der Waals surface area contributed by atoms with Crippen LogP contribution in [0.4, 0.5) is 4.79 Å². The zero-order valence-corrected chi connectivity index (χ0v) is 17.3. The van der Waals surface area contributed by atoms with Gasteiger partial charge < -0.3 is 5.11 Å². The maximum atomic E-state index is 12.9. The van der Waals surface area contributed by atoms with Gasteiger partial charge in [0.05, 0.1) is 13.2 Å². The summed E-state index contributed by atoms with van der Waals surface area (Å²) in [6.07, 6.45) is 3.21. The number of likely N-dealkylation sites (N-methyl/N-ethyl adjacent to an activating group) is 2. The predicted octanol–water partition coefficient (Wildman–Crippen LogP) is -0.498. The van der Waals surface area contributed by atoms with E-state index in [1.807, 2.05) is 0 Å². The molecule has 1 N–H and O–H groups in total. The molecule has 156 valence electrons. The fraction of sp³-hybridized carbons (Fsp3) is 0.789. The Morgan fingerprint density at radius 3 is 2.39 bits per heavy atom. The van der Waals surface area contributed by atoms with E-state index in [2.05, 4.69) is 21.3 Å². The first-order chi connectivity index (χ1) is 13.5. The van der Waals surface area contributed by atoms with Crippen LogP contribution in [0.2, 0.25) is 0 Å². The molecule has 3 amide bonds. The molecule has 1 unspecified atom stereocenters. The Kier molecular flexibility index (Phi) is 6.79. The molecule has 0 saturated carbocycles. The van der Waals surface area contributed by atoms with E-state index in [0.717, 1.165) is 57.8 Å². The number of unbranched alkanes of at least 4 members (excludes halogenated alkanes) is 2. The van der Waals surface area contributed by atoms with Crippen molar-refractivity contribution < 1.29 is 19.3 Å². The first kappa shape index (κ1) is 20.9. The number of amidine groups is 2. The summed E-state index contributed by atoms with van der Waals surface area (Å²) in [7, 11) is 3.23. The normalized spacial score (nSPS) is 24.3. The van der Waals surface area contributed by atoms with E-state index < -0.39 is 6.04 Å². The zero-order valence-electron chi connectivity index (χ0n) is 17.3. The van der Waals surface area contributed by atoms with Gasteiger partial charge in [0.15, 0.2) is 0 Å². The van der Waals surface area contributed by atoms with Crippen LogP contribution in [0.1, 0.15) is 26.2 Å². The van der Waals surface area contributed by atoms with Crippen molar-refractivity contribution in [3.8, 4) is 0 Å². The van der Waals surface area contributed by atoms with Crippen molar-refractivity contribution >= 4 is 23.6 Å². The van der Waals surface area contributed by atoms with E-state index in [1.165, 1.54) is 9.80 Å². The molecular formula is C19H33N6O3+. The molecule has 2 saturated heterocycles. The molecule has 3 aliphatic rings. The first-order valence-corrected chi connectivity index (χ1v) is 10.3. The average Bonchev–Trinajstić information content (AvgIpc) is 3.05. The maximum Gasteiger partial charge on any atom is 0.333 e. The summed E-state index contributed by atoms with van der Waals surface area (Å²) in [5.74, 6) is 1.25. The van der Waals surface area contributed by atoms with Crippen LogP contribution in [-0.4, -0.2) is 125 Å². The minimum absolute atomic E-state index is 0.188. The molecule has 0 bridgehead atoms. The van der Waals surface area contributed by atoms with E-state index >= 15 is 0 Å². The van der Waals surface area contributed by atoms with Gasteiger partial charge >= 0.3 is 11.9 Å². The van der Waals surface area contributed by atoms with E-state index in [4.69, 9.17) is 10.1 Å². The Hall–Kier alpha value is -1.84. The minimum atomic E-state index is -0.491. The highest BCUT2D eigenvalue weighted by Crippen LogP contribution is 2.20. The molecule has 3 heterocycles. The fourth-order valence-electron chi connectivity index (χ4n) is 4.08. The van der Waals surface area contributed by atoms with Gasteiger partial charge in [0.25, 0.3) is 17.8 Å². The highest BCUT2D eigenvalue weighted by Gasteiger charge is 2.52. The number of β-amino-alcohol motifs (C(OH)–C–C–N with tert-alkyl or cyclic N) is 1. The lowest BCUT2D eigenvalue weighted by molar-refractivity contribution is -0.537. The number of aliphatic hydroxyl groups excluding tert-OH is 1. The highest BCUT2D eigenvalue weighted by atomic mass is 16.3. The summed E-state index contributed by atoms with van der Waals surface area (Å²) in [6, 6.07) is -0.817. The van der Waals surface area contributed by atoms with Crippen molar-refractivity contribution in [2.45, 2.75) is 32.2 Å². The van der Waals surface area contributed by atoms with E-state index in [9.17, 15) is 9.59 Å². The molecule has 0 radical (unpaired) electrons. The van der Waals surface area contributed by atoms with Crippen LogP contribution in [0.5, 0.6) is 0 Å². The lowest BCUT2D eigenvalue weighted by Crippen LogP contribution is -2.61. The average molecular weight is 394 g/mol. The molecule has 0 aromatic carbocycles. The molecule has 9 heteroatoms. The summed E-state index contributed by atoms with van der Waals surface area (Å²) in [6.45, 7) is 8.17. The van der Waals surface area contributed by atoms with Crippen LogP contribution < -0.4 is 0 Å². The summed E-state index contributed by atoms with van der Waals surface area (Å²) in [4.78, 5) is 37.2. The number of piperazine rings is 1. The number of nitrogens with zero attached hydrogens (tertiary/aromatic N) is 6. The third kappa shape index (κ3) is 4.11. The van der Waals surface area contributed by atoms with Crippen LogP contribution >= 0.6 is 0 Å². The molecule has 2 fully saturated rings. The van der Waals surface area contributed by atoms with Gasteiger partial charge in [-0.15, -0.1) is 0 Å². The molecular weight excluding hydrogens is 360 g/mol. The van der Waals surface area contributed by atoms with Crippen LogP contribution in [0, 0.1) is 0 Å². The van der Waals surface area contributed by atoms with E-state index in [0.29, 0.717) is 18.9 Å². The quantitative estimate of drug-likeness (QED) is 0.444. The van der Waals surface area contributed by atoms with E-state index in [-0.39, 0.29) is 18.5 Å². The fourth-order valence-corrected chi connectivity index (χ4v) is 4.08. The number of hydrogen-bond donors (Lipinski definition) is 1.